The van der Waals surface area contributed by atoms with E-state index < -0.39 is 0 Å². The lowest BCUT2D eigenvalue weighted by atomic mass is 9.95. The molecule has 0 spiro atoms. The first kappa shape index (κ1) is 9.27. The van der Waals surface area contributed by atoms with Gasteiger partial charge in [-0.1, -0.05) is 22.3 Å². The molecule has 0 saturated carbocycles. The lowest BCUT2D eigenvalue weighted by molar-refractivity contribution is 1.16. The van der Waals surface area contributed by atoms with Crippen molar-refractivity contribution in [1.29, 1.82) is 5.26 Å². The molecular formula is C8H6BBrN2. The van der Waals surface area contributed by atoms with E-state index in [1.54, 1.807) is 12.3 Å². The monoisotopic (exact) mass is 220 g/mol. The molecule has 0 aliphatic heterocycles. The van der Waals surface area contributed by atoms with Gasteiger partial charge in [-0.25, -0.2) is 4.98 Å². The Morgan fingerprint density at radius 2 is 2.33 bits per heavy atom. The highest BCUT2D eigenvalue weighted by Crippen LogP contribution is 2.12. The predicted molar refractivity (Wildman–Crippen MR) is 51.0 cm³/mol. The summed E-state index contributed by atoms with van der Waals surface area (Å²) in [7, 11) is 5.47. The Hall–Kier alpha value is -0.815. The summed E-state index contributed by atoms with van der Waals surface area (Å²) in [5.41, 5.74) is 2.44. The Labute approximate surface area is 81.2 Å². The van der Waals surface area contributed by atoms with Crippen LogP contribution >= 0.6 is 15.9 Å². The number of hydrogen-bond acceptors (Lipinski definition) is 2. The zero-order valence-electron chi connectivity index (χ0n) is 6.42. The molecule has 2 radical (unpaired) electrons. The first-order chi connectivity index (χ1) is 5.81. The number of alkyl halides is 1. The van der Waals surface area contributed by atoms with Gasteiger partial charge in [0, 0.05) is 11.5 Å². The summed E-state index contributed by atoms with van der Waals surface area (Å²) in [6.07, 6.45) is 2.11. The van der Waals surface area contributed by atoms with Gasteiger partial charge in [0.05, 0.1) is 7.85 Å². The quantitative estimate of drug-likeness (QED) is 0.560. The Bertz CT molecular complexity index is 319. The standard InChI is InChI=1S/C8H6BBrN2/c9-2-7-5-12-8(4-11)1-6(7)3-10/h1,5H,2-3H2. The smallest absolute Gasteiger partial charge is 0.140 e. The van der Waals surface area contributed by atoms with E-state index in [2.05, 4.69) is 20.9 Å². The summed E-state index contributed by atoms with van der Waals surface area (Å²) in [6, 6.07) is 3.73. The van der Waals surface area contributed by atoms with Crippen molar-refractivity contribution in [2.24, 2.45) is 0 Å². The van der Waals surface area contributed by atoms with Crippen LogP contribution in [0, 0.1) is 11.3 Å². The second-order valence-electron chi connectivity index (χ2n) is 2.29. The number of aromatic nitrogens is 1. The number of halogens is 1. The zero-order chi connectivity index (χ0) is 8.97. The third kappa shape index (κ3) is 1.86. The molecule has 0 aliphatic carbocycles. The van der Waals surface area contributed by atoms with Gasteiger partial charge >= 0.3 is 0 Å². The van der Waals surface area contributed by atoms with Crippen molar-refractivity contribution < 1.29 is 0 Å². The van der Waals surface area contributed by atoms with Crippen LogP contribution < -0.4 is 0 Å². The van der Waals surface area contributed by atoms with E-state index in [0.29, 0.717) is 17.3 Å². The van der Waals surface area contributed by atoms with E-state index >= 15 is 0 Å². The van der Waals surface area contributed by atoms with Crippen LogP contribution in [-0.2, 0) is 11.7 Å². The lowest BCUT2D eigenvalue weighted by Crippen LogP contribution is -1.95. The Balaban J connectivity index is 3.13. The van der Waals surface area contributed by atoms with Crippen molar-refractivity contribution in [3.8, 4) is 6.07 Å². The zero-order valence-corrected chi connectivity index (χ0v) is 8.00. The molecule has 1 aromatic heterocycles. The van der Waals surface area contributed by atoms with Crippen LogP contribution in [0.15, 0.2) is 12.3 Å². The molecule has 0 amide bonds. The van der Waals surface area contributed by atoms with Gasteiger partial charge in [-0.15, -0.1) is 0 Å². The SMILES string of the molecule is [B]Cc1cnc(C#N)cc1CBr. The third-order valence-corrected chi connectivity index (χ3v) is 2.17. The molecule has 0 fully saturated rings. The second kappa shape index (κ2) is 4.27. The van der Waals surface area contributed by atoms with Crippen LogP contribution in [0.25, 0.3) is 0 Å². The van der Waals surface area contributed by atoms with Gasteiger partial charge in [0.1, 0.15) is 11.8 Å². The van der Waals surface area contributed by atoms with Gasteiger partial charge in [-0.05, 0) is 17.2 Å². The van der Waals surface area contributed by atoms with Gasteiger partial charge in [-0.3, -0.25) is 0 Å². The van der Waals surface area contributed by atoms with Gasteiger partial charge in [-0.2, -0.15) is 5.26 Å². The fourth-order valence-electron chi connectivity index (χ4n) is 0.895. The van der Waals surface area contributed by atoms with Crippen LogP contribution in [0.5, 0.6) is 0 Å². The van der Waals surface area contributed by atoms with Crippen LogP contribution in [0.2, 0.25) is 0 Å². The number of hydrogen-bond donors (Lipinski definition) is 0. The number of nitriles is 1. The fourth-order valence-corrected chi connectivity index (χ4v) is 1.42. The van der Waals surface area contributed by atoms with E-state index in [0.717, 1.165) is 11.1 Å². The van der Waals surface area contributed by atoms with Crippen LogP contribution in [0.4, 0.5) is 0 Å². The molecule has 1 heterocycles. The minimum atomic E-state index is 0.432. The van der Waals surface area contributed by atoms with Crippen molar-refractivity contribution in [3.63, 3.8) is 0 Å². The van der Waals surface area contributed by atoms with Crippen LogP contribution in [0.3, 0.4) is 0 Å². The van der Waals surface area contributed by atoms with Gasteiger partial charge in [0.25, 0.3) is 0 Å². The average molecular weight is 221 g/mol. The highest BCUT2D eigenvalue weighted by Gasteiger charge is 2.01. The maximum atomic E-state index is 8.56. The van der Waals surface area contributed by atoms with Crippen molar-refractivity contribution in [1.82, 2.24) is 4.98 Å². The van der Waals surface area contributed by atoms with Crippen molar-refractivity contribution in [2.45, 2.75) is 11.7 Å². The molecular weight excluding hydrogens is 215 g/mol. The normalized spacial score (nSPS) is 9.33. The Morgan fingerprint density at radius 1 is 1.58 bits per heavy atom. The average Bonchev–Trinajstić information content (AvgIpc) is 2.16. The number of nitrogens with zero attached hydrogens (tertiary/aromatic N) is 2. The maximum Gasteiger partial charge on any atom is 0.140 e. The molecule has 0 bridgehead atoms. The molecule has 12 heavy (non-hydrogen) atoms. The van der Waals surface area contributed by atoms with E-state index in [1.165, 1.54) is 0 Å². The molecule has 4 heteroatoms. The fraction of sp³-hybridized carbons (Fsp3) is 0.250. The van der Waals surface area contributed by atoms with Gasteiger partial charge in [0.15, 0.2) is 0 Å². The molecule has 2 nitrogen and oxygen atoms in total. The summed E-state index contributed by atoms with van der Waals surface area (Å²) in [4.78, 5) is 3.91. The topological polar surface area (TPSA) is 36.7 Å². The van der Waals surface area contributed by atoms with Crippen molar-refractivity contribution >= 4 is 23.8 Å². The van der Waals surface area contributed by atoms with Crippen molar-refractivity contribution in [3.05, 3.63) is 29.1 Å². The first-order valence-electron chi connectivity index (χ1n) is 3.45. The van der Waals surface area contributed by atoms with Crippen LogP contribution in [0.1, 0.15) is 16.8 Å². The Kier molecular flexibility index (Phi) is 3.30. The summed E-state index contributed by atoms with van der Waals surface area (Å²) < 4.78 is 0. The second-order valence-corrected chi connectivity index (χ2v) is 2.85. The summed E-state index contributed by atoms with van der Waals surface area (Å²) in [5.74, 6) is 0. The molecule has 0 N–H and O–H groups in total. The largest absolute Gasteiger partial charge is 0.245 e. The molecule has 0 saturated heterocycles. The molecule has 0 aliphatic rings. The molecule has 1 aromatic rings. The third-order valence-electron chi connectivity index (χ3n) is 1.56. The molecule has 58 valence electrons. The number of pyridine rings is 1. The lowest BCUT2D eigenvalue weighted by Gasteiger charge is -2.03. The minimum absolute atomic E-state index is 0.432. The summed E-state index contributed by atoms with van der Waals surface area (Å²) in [6.45, 7) is 0. The number of rotatable bonds is 2. The van der Waals surface area contributed by atoms with Gasteiger partial charge in [0.2, 0.25) is 0 Å². The van der Waals surface area contributed by atoms with E-state index in [1.807, 2.05) is 6.07 Å². The highest BCUT2D eigenvalue weighted by molar-refractivity contribution is 9.08. The molecule has 1 rings (SSSR count). The Morgan fingerprint density at radius 3 is 2.83 bits per heavy atom. The van der Waals surface area contributed by atoms with Crippen LogP contribution in [-0.4, -0.2) is 12.8 Å². The minimum Gasteiger partial charge on any atom is -0.245 e. The summed E-state index contributed by atoms with van der Waals surface area (Å²) in [5, 5.41) is 9.27. The van der Waals surface area contributed by atoms with Crippen molar-refractivity contribution in [2.75, 3.05) is 0 Å². The highest BCUT2D eigenvalue weighted by atomic mass is 79.9. The maximum absolute atomic E-state index is 8.56. The van der Waals surface area contributed by atoms with E-state index in [-0.39, 0.29) is 0 Å². The first-order valence-corrected chi connectivity index (χ1v) is 4.58. The summed E-state index contributed by atoms with van der Waals surface area (Å²) >= 11 is 3.32. The van der Waals surface area contributed by atoms with E-state index in [4.69, 9.17) is 13.1 Å². The molecule has 0 aromatic carbocycles. The molecule has 0 atom stereocenters. The molecule has 0 unspecified atom stereocenters. The predicted octanol–water partition coefficient (Wildman–Crippen LogP) is 1.52. The van der Waals surface area contributed by atoms with E-state index in [9.17, 15) is 0 Å². The van der Waals surface area contributed by atoms with Gasteiger partial charge < -0.3 is 0 Å².